The van der Waals surface area contributed by atoms with E-state index in [1.807, 2.05) is 6.92 Å². The molecule has 0 radical (unpaired) electrons. The summed E-state index contributed by atoms with van der Waals surface area (Å²) in [5.74, 6) is 2.74. The van der Waals surface area contributed by atoms with Crippen LogP contribution in [0.4, 0.5) is 4.79 Å². The van der Waals surface area contributed by atoms with Gasteiger partial charge >= 0.3 is 6.09 Å². The lowest BCUT2D eigenvalue weighted by Crippen LogP contribution is -2.53. The Morgan fingerprint density at radius 1 is 1.16 bits per heavy atom. The SMILES string of the molecule is CCNC(=O)OC(CC)C12CC3CC(CC(C3)C1)C2. The van der Waals surface area contributed by atoms with E-state index < -0.39 is 0 Å². The Balaban J connectivity index is 1.73. The predicted molar refractivity (Wildman–Crippen MR) is 74.8 cm³/mol. The second kappa shape index (κ2) is 4.99. The van der Waals surface area contributed by atoms with Crippen LogP contribution in [0.3, 0.4) is 0 Å². The minimum atomic E-state index is -0.218. The fourth-order valence-electron chi connectivity index (χ4n) is 5.53. The first-order chi connectivity index (χ1) is 9.15. The normalized spacial score (nSPS) is 41.1. The van der Waals surface area contributed by atoms with Gasteiger partial charge in [-0.1, -0.05) is 6.92 Å². The smallest absolute Gasteiger partial charge is 0.407 e. The van der Waals surface area contributed by atoms with Gasteiger partial charge in [-0.25, -0.2) is 4.79 Å². The predicted octanol–water partition coefficient (Wildman–Crippen LogP) is 3.73. The summed E-state index contributed by atoms with van der Waals surface area (Å²) in [5.41, 5.74) is 0.314. The molecular formula is C16H27NO2. The van der Waals surface area contributed by atoms with E-state index in [2.05, 4.69) is 12.2 Å². The van der Waals surface area contributed by atoms with Crippen molar-refractivity contribution in [3.63, 3.8) is 0 Å². The lowest BCUT2D eigenvalue weighted by molar-refractivity contribution is -0.122. The zero-order chi connectivity index (χ0) is 13.5. The summed E-state index contributed by atoms with van der Waals surface area (Å²) in [5, 5.41) is 2.78. The second-order valence-electron chi connectivity index (χ2n) is 7.11. The molecule has 0 aromatic rings. The number of ether oxygens (including phenoxy) is 1. The largest absolute Gasteiger partial charge is 0.446 e. The molecule has 3 nitrogen and oxygen atoms in total. The van der Waals surface area contributed by atoms with E-state index in [9.17, 15) is 4.79 Å². The van der Waals surface area contributed by atoms with E-state index >= 15 is 0 Å². The fourth-order valence-corrected chi connectivity index (χ4v) is 5.53. The van der Waals surface area contributed by atoms with Crippen LogP contribution in [0.25, 0.3) is 0 Å². The Bertz CT molecular complexity index is 317. The molecule has 1 N–H and O–H groups in total. The van der Waals surface area contributed by atoms with Gasteiger partial charge in [-0.05, 0) is 69.6 Å². The number of amides is 1. The molecule has 0 aromatic carbocycles. The average Bonchev–Trinajstić information content (AvgIpc) is 2.34. The van der Waals surface area contributed by atoms with E-state index in [1.165, 1.54) is 38.5 Å². The van der Waals surface area contributed by atoms with E-state index in [-0.39, 0.29) is 12.2 Å². The van der Waals surface area contributed by atoms with E-state index in [1.54, 1.807) is 0 Å². The monoisotopic (exact) mass is 265 g/mol. The molecule has 0 saturated heterocycles. The van der Waals surface area contributed by atoms with Crippen LogP contribution in [0.5, 0.6) is 0 Å². The highest BCUT2D eigenvalue weighted by molar-refractivity contribution is 5.67. The Kier molecular flexibility index (Phi) is 3.48. The number of rotatable bonds is 4. The van der Waals surface area contributed by atoms with Gasteiger partial charge in [-0.3, -0.25) is 0 Å². The molecule has 19 heavy (non-hydrogen) atoms. The first kappa shape index (κ1) is 13.3. The Morgan fingerprint density at radius 3 is 2.11 bits per heavy atom. The van der Waals surface area contributed by atoms with E-state index in [0.29, 0.717) is 12.0 Å². The van der Waals surface area contributed by atoms with Gasteiger partial charge in [0, 0.05) is 12.0 Å². The highest BCUT2D eigenvalue weighted by Crippen LogP contribution is 2.62. The van der Waals surface area contributed by atoms with Crippen LogP contribution in [0.1, 0.15) is 58.8 Å². The van der Waals surface area contributed by atoms with Crippen molar-refractivity contribution < 1.29 is 9.53 Å². The van der Waals surface area contributed by atoms with Crippen LogP contribution in [0, 0.1) is 23.2 Å². The summed E-state index contributed by atoms with van der Waals surface area (Å²) in [4.78, 5) is 11.8. The number of alkyl carbamates (subject to hydrolysis) is 1. The van der Waals surface area contributed by atoms with Gasteiger partial charge in [0.1, 0.15) is 6.10 Å². The average molecular weight is 265 g/mol. The molecule has 4 aliphatic rings. The van der Waals surface area contributed by atoms with Gasteiger partial charge in [0.15, 0.2) is 0 Å². The molecule has 0 aliphatic heterocycles. The summed E-state index contributed by atoms with van der Waals surface area (Å²) < 4.78 is 5.77. The number of hydrogen-bond donors (Lipinski definition) is 1. The summed E-state index contributed by atoms with van der Waals surface area (Å²) in [7, 11) is 0. The van der Waals surface area contributed by atoms with Crippen molar-refractivity contribution in [2.75, 3.05) is 6.54 Å². The van der Waals surface area contributed by atoms with Crippen molar-refractivity contribution >= 4 is 6.09 Å². The third kappa shape index (κ3) is 2.36. The molecule has 4 fully saturated rings. The first-order valence-corrected chi connectivity index (χ1v) is 8.09. The zero-order valence-electron chi connectivity index (χ0n) is 12.3. The standard InChI is InChI=1S/C16H27NO2/c1-3-14(19-15(18)17-4-2)16-8-11-5-12(9-16)7-13(6-11)10-16/h11-14H,3-10H2,1-2H3,(H,17,18). The van der Waals surface area contributed by atoms with Crippen molar-refractivity contribution in [2.24, 2.45) is 23.2 Å². The number of hydrogen-bond acceptors (Lipinski definition) is 2. The van der Waals surface area contributed by atoms with Crippen molar-refractivity contribution in [2.45, 2.75) is 64.9 Å². The second-order valence-corrected chi connectivity index (χ2v) is 7.11. The fraction of sp³-hybridized carbons (Fsp3) is 0.938. The Hall–Kier alpha value is -0.730. The maximum absolute atomic E-state index is 11.8. The van der Waals surface area contributed by atoms with Gasteiger partial charge in [-0.15, -0.1) is 0 Å². The van der Waals surface area contributed by atoms with Gasteiger partial charge < -0.3 is 10.1 Å². The van der Waals surface area contributed by atoms with Crippen LogP contribution in [-0.4, -0.2) is 18.7 Å². The lowest BCUT2D eigenvalue weighted by Gasteiger charge is -2.58. The maximum atomic E-state index is 11.8. The number of carbonyl (C=O) groups is 1. The zero-order valence-corrected chi connectivity index (χ0v) is 12.3. The molecule has 0 spiro atoms. The summed E-state index contributed by atoms with van der Waals surface area (Å²) >= 11 is 0. The minimum Gasteiger partial charge on any atom is -0.446 e. The maximum Gasteiger partial charge on any atom is 0.407 e. The van der Waals surface area contributed by atoms with Gasteiger partial charge in [0.2, 0.25) is 0 Å². The summed E-state index contributed by atoms with van der Waals surface area (Å²) in [6.45, 7) is 4.76. The van der Waals surface area contributed by atoms with Gasteiger partial charge in [-0.2, -0.15) is 0 Å². The van der Waals surface area contributed by atoms with Crippen LogP contribution >= 0.6 is 0 Å². The lowest BCUT2D eigenvalue weighted by atomic mass is 9.48. The molecule has 3 heteroatoms. The topological polar surface area (TPSA) is 38.3 Å². The van der Waals surface area contributed by atoms with Crippen LogP contribution in [-0.2, 0) is 4.74 Å². The molecule has 1 amide bonds. The molecule has 0 heterocycles. The van der Waals surface area contributed by atoms with Gasteiger partial charge in [0.25, 0.3) is 0 Å². The molecule has 4 saturated carbocycles. The molecular weight excluding hydrogens is 238 g/mol. The quantitative estimate of drug-likeness (QED) is 0.841. The number of carbonyl (C=O) groups excluding carboxylic acids is 1. The van der Waals surface area contributed by atoms with Crippen LogP contribution in [0.15, 0.2) is 0 Å². The minimum absolute atomic E-state index is 0.132. The Morgan fingerprint density at radius 2 is 1.68 bits per heavy atom. The van der Waals surface area contributed by atoms with Gasteiger partial charge in [0.05, 0.1) is 0 Å². The van der Waals surface area contributed by atoms with Crippen molar-refractivity contribution in [3.05, 3.63) is 0 Å². The van der Waals surface area contributed by atoms with E-state index in [4.69, 9.17) is 4.74 Å². The molecule has 1 unspecified atom stereocenters. The van der Waals surface area contributed by atoms with Crippen LogP contribution < -0.4 is 5.32 Å². The highest BCUT2D eigenvalue weighted by atomic mass is 16.6. The van der Waals surface area contributed by atoms with E-state index in [0.717, 1.165) is 24.2 Å². The van der Waals surface area contributed by atoms with Crippen molar-refractivity contribution in [1.82, 2.24) is 5.32 Å². The molecule has 4 bridgehead atoms. The number of nitrogens with one attached hydrogen (secondary N) is 1. The highest BCUT2D eigenvalue weighted by Gasteiger charge is 2.54. The van der Waals surface area contributed by atoms with Crippen molar-refractivity contribution in [3.8, 4) is 0 Å². The first-order valence-electron chi connectivity index (χ1n) is 8.09. The summed E-state index contributed by atoms with van der Waals surface area (Å²) in [6, 6.07) is 0. The van der Waals surface area contributed by atoms with Crippen LogP contribution in [0.2, 0.25) is 0 Å². The molecule has 1 atom stereocenters. The van der Waals surface area contributed by atoms with Crippen molar-refractivity contribution in [1.29, 1.82) is 0 Å². The molecule has 4 rings (SSSR count). The molecule has 0 aromatic heterocycles. The molecule has 108 valence electrons. The Labute approximate surface area is 116 Å². The molecule has 4 aliphatic carbocycles. The third-order valence-electron chi connectivity index (χ3n) is 5.71. The third-order valence-corrected chi connectivity index (χ3v) is 5.71. The summed E-state index contributed by atoms with van der Waals surface area (Å²) in [6.07, 6.45) is 9.11.